The van der Waals surface area contributed by atoms with Gasteiger partial charge in [0, 0.05) is 13.1 Å². The second-order valence-electron chi connectivity index (χ2n) is 4.95. The Morgan fingerprint density at radius 2 is 2.31 bits per heavy atom. The van der Waals surface area contributed by atoms with E-state index in [0.717, 1.165) is 26.1 Å². The maximum Gasteiger partial charge on any atom is 0.192 e. The first-order valence-corrected chi connectivity index (χ1v) is 6.05. The largest absolute Gasteiger partial charge is 0.370 e. The summed E-state index contributed by atoms with van der Waals surface area (Å²) in [4.78, 5) is 9.08. The van der Waals surface area contributed by atoms with Crippen LogP contribution in [0.4, 0.5) is 0 Å². The Bertz CT molecular complexity index is 299. The van der Waals surface area contributed by atoms with Crippen molar-refractivity contribution in [1.29, 1.82) is 0 Å². The van der Waals surface area contributed by atoms with E-state index in [1.165, 1.54) is 19.4 Å². The SMILES string of the molecule is C=CCN1C(N)=NCC12CCCN(C)CC2. The first-order valence-electron chi connectivity index (χ1n) is 6.05. The fraction of sp³-hybridized carbons (Fsp3) is 0.750. The topological polar surface area (TPSA) is 44.9 Å². The van der Waals surface area contributed by atoms with E-state index in [1.54, 1.807) is 0 Å². The third-order valence-corrected chi connectivity index (χ3v) is 3.84. The molecule has 0 aromatic rings. The number of guanidine groups is 1. The van der Waals surface area contributed by atoms with Crippen LogP contribution in [0, 0.1) is 0 Å². The van der Waals surface area contributed by atoms with Crippen molar-refractivity contribution in [2.75, 3.05) is 33.2 Å². The van der Waals surface area contributed by atoms with Gasteiger partial charge in [-0.3, -0.25) is 4.99 Å². The molecule has 1 unspecified atom stereocenters. The lowest BCUT2D eigenvalue weighted by molar-refractivity contribution is 0.188. The molecular weight excluding hydrogens is 200 g/mol. The van der Waals surface area contributed by atoms with Gasteiger partial charge in [0.05, 0.1) is 12.1 Å². The Morgan fingerprint density at radius 1 is 1.50 bits per heavy atom. The third kappa shape index (κ3) is 1.94. The van der Waals surface area contributed by atoms with E-state index in [-0.39, 0.29) is 5.54 Å². The van der Waals surface area contributed by atoms with Crippen LogP contribution >= 0.6 is 0 Å². The molecule has 1 fully saturated rings. The molecule has 16 heavy (non-hydrogen) atoms. The molecule has 0 bridgehead atoms. The monoisotopic (exact) mass is 222 g/mol. The molecule has 90 valence electrons. The van der Waals surface area contributed by atoms with Crippen LogP contribution in [-0.2, 0) is 0 Å². The summed E-state index contributed by atoms with van der Waals surface area (Å²) >= 11 is 0. The van der Waals surface area contributed by atoms with Gasteiger partial charge in [-0.15, -0.1) is 6.58 Å². The maximum absolute atomic E-state index is 5.97. The second-order valence-corrected chi connectivity index (χ2v) is 4.95. The molecular formula is C12H22N4. The molecule has 0 radical (unpaired) electrons. The van der Waals surface area contributed by atoms with E-state index >= 15 is 0 Å². The average Bonchev–Trinajstić information content (AvgIpc) is 2.46. The highest BCUT2D eigenvalue weighted by Gasteiger charge is 2.41. The molecule has 0 aromatic carbocycles. The number of rotatable bonds is 2. The van der Waals surface area contributed by atoms with Crippen LogP contribution in [0.2, 0.25) is 0 Å². The van der Waals surface area contributed by atoms with E-state index in [2.05, 4.69) is 28.4 Å². The number of hydrogen-bond acceptors (Lipinski definition) is 4. The van der Waals surface area contributed by atoms with Crippen LogP contribution in [0.1, 0.15) is 19.3 Å². The smallest absolute Gasteiger partial charge is 0.192 e. The van der Waals surface area contributed by atoms with Crippen LogP contribution < -0.4 is 5.73 Å². The third-order valence-electron chi connectivity index (χ3n) is 3.84. The summed E-state index contributed by atoms with van der Waals surface area (Å²) in [6, 6.07) is 0. The molecule has 0 saturated carbocycles. The molecule has 2 N–H and O–H groups in total. The van der Waals surface area contributed by atoms with Crippen LogP contribution in [0.5, 0.6) is 0 Å². The molecule has 2 aliphatic heterocycles. The summed E-state index contributed by atoms with van der Waals surface area (Å²) in [5.74, 6) is 0.699. The molecule has 0 amide bonds. The first-order chi connectivity index (χ1) is 7.68. The van der Waals surface area contributed by atoms with Gasteiger partial charge in [-0.05, 0) is 32.9 Å². The molecule has 0 aliphatic carbocycles. The molecule has 4 heteroatoms. The quantitative estimate of drug-likeness (QED) is 0.698. The van der Waals surface area contributed by atoms with E-state index in [0.29, 0.717) is 5.96 Å². The normalized spacial score (nSPS) is 31.6. The van der Waals surface area contributed by atoms with E-state index < -0.39 is 0 Å². The Kier molecular flexibility index (Phi) is 3.19. The fourth-order valence-corrected chi connectivity index (χ4v) is 2.80. The average molecular weight is 222 g/mol. The highest BCUT2D eigenvalue weighted by Crippen LogP contribution is 2.32. The van der Waals surface area contributed by atoms with Crippen molar-refractivity contribution in [3.8, 4) is 0 Å². The highest BCUT2D eigenvalue weighted by molar-refractivity contribution is 5.81. The Labute approximate surface area is 97.8 Å². The molecule has 0 aromatic heterocycles. The van der Waals surface area contributed by atoms with Gasteiger partial charge < -0.3 is 15.5 Å². The zero-order valence-corrected chi connectivity index (χ0v) is 10.2. The molecule has 1 spiro atoms. The van der Waals surface area contributed by atoms with Gasteiger partial charge in [-0.1, -0.05) is 6.08 Å². The van der Waals surface area contributed by atoms with Gasteiger partial charge in [0.1, 0.15) is 0 Å². The minimum absolute atomic E-state index is 0.170. The van der Waals surface area contributed by atoms with E-state index in [1.807, 2.05) is 6.08 Å². The predicted molar refractivity (Wildman–Crippen MR) is 67.5 cm³/mol. The minimum atomic E-state index is 0.170. The number of hydrogen-bond donors (Lipinski definition) is 1. The van der Waals surface area contributed by atoms with Crippen LogP contribution in [0.3, 0.4) is 0 Å². The Balaban J connectivity index is 2.14. The van der Waals surface area contributed by atoms with Crippen molar-refractivity contribution < 1.29 is 0 Å². The van der Waals surface area contributed by atoms with E-state index in [9.17, 15) is 0 Å². The van der Waals surface area contributed by atoms with Crippen molar-refractivity contribution in [2.24, 2.45) is 10.7 Å². The number of nitrogens with two attached hydrogens (primary N) is 1. The fourth-order valence-electron chi connectivity index (χ4n) is 2.80. The summed E-state index contributed by atoms with van der Waals surface area (Å²) in [7, 11) is 2.19. The lowest BCUT2D eigenvalue weighted by Gasteiger charge is -2.38. The van der Waals surface area contributed by atoms with Gasteiger partial charge in [-0.2, -0.15) is 0 Å². The lowest BCUT2D eigenvalue weighted by Crippen LogP contribution is -2.52. The van der Waals surface area contributed by atoms with Gasteiger partial charge in [-0.25, -0.2) is 0 Å². The van der Waals surface area contributed by atoms with Gasteiger partial charge in [0.2, 0.25) is 0 Å². The molecule has 2 aliphatic rings. The summed E-state index contributed by atoms with van der Waals surface area (Å²) in [5.41, 5.74) is 6.14. The number of likely N-dealkylation sites (tertiary alicyclic amines) is 1. The molecule has 4 nitrogen and oxygen atoms in total. The lowest BCUT2D eigenvalue weighted by atomic mass is 9.89. The zero-order chi connectivity index (χ0) is 11.6. The first kappa shape index (κ1) is 11.5. The van der Waals surface area contributed by atoms with Gasteiger partial charge in [0.15, 0.2) is 5.96 Å². The Hall–Kier alpha value is -1.03. The number of nitrogens with zero attached hydrogens (tertiary/aromatic N) is 3. The predicted octanol–water partition coefficient (Wildman–Crippen LogP) is 0.657. The molecule has 2 rings (SSSR count). The maximum atomic E-state index is 5.97. The second kappa shape index (κ2) is 4.45. The van der Waals surface area contributed by atoms with Crippen LogP contribution in [-0.4, -0.2) is 54.5 Å². The standard InChI is InChI=1S/C12H22N4/c1-3-7-16-11(13)14-10-12(16)5-4-8-15(2)9-6-12/h3H,1,4-10H2,2H3,(H2,13,14). The van der Waals surface area contributed by atoms with Crippen molar-refractivity contribution in [3.05, 3.63) is 12.7 Å². The van der Waals surface area contributed by atoms with Crippen molar-refractivity contribution >= 4 is 5.96 Å². The van der Waals surface area contributed by atoms with Gasteiger partial charge in [0.25, 0.3) is 0 Å². The summed E-state index contributed by atoms with van der Waals surface area (Å²) < 4.78 is 0. The van der Waals surface area contributed by atoms with E-state index in [4.69, 9.17) is 5.73 Å². The van der Waals surface area contributed by atoms with Crippen molar-refractivity contribution in [1.82, 2.24) is 9.80 Å². The zero-order valence-electron chi connectivity index (χ0n) is 10.2. The van der Waals surface area contributed by atoms with Crippen LogP contribution in [0.25, 0.3) is 0 Å². The molecule has 1 atom stereocenters. The molecule has 2 heterocycles. The minimum Gasteiger partial charge on any atom is -0.370 e. The number of aliphatic imine (C=N–C) groups is 1. The van der Waals surface area contributed by atoms with Gasteiger partial charge >= 0.3 is 0 Å². The van der Waals surface area contributed by atoms with Crippen molar-refractivity contribution in [3.63, 3.8) is 0 Å². The molecule has 1 saturated heterocycles. The summed E-state index contributed by atoms with van der Waals surface area (Å²) in [5, 5.41) is 0. The van der Waals surface area contributed by atoms with Crippen LogP contribution in [0.15, 0.2) is 17.6 Å². The summed E-state index contributed by atoms with van der Waals surface area (Å²) in [6.45, 7) is 7.81. The van der Waals surface area contributed by atoms with Crippen molar-refractivity contribution in [2.45, 2.75) is 24.8 Å². The highest BCUT2D eigenvalue weighted by atomic mass is 15.4. The summed E-state index contributed by atoms with van der Waals surface area (Å²) in [6.07, 6.45) is 5.49. The Morgan fingerprint density at radius 3 is 3.06 bits per heavy atom.